The molecule has 0 aromatic heterocycles. The van der Waals surface area contributed by atoms with Crippen molar-refractivity contribution in [3.8, 4) is 0 Å². The molecule has 0 unspecified atom stereocenters. The average Bonchev–Trinajstić information content (AvgIpc) is 2.20. The van der Waals surface area contributed by atoms with E-state index in [1.54, 1.807) is 0 Å². The summed E-state index contributed by atoms with van der Waals surface area (Å²) in [4.78, 5) is 11.6. The third-order valence-corrected chi connectivity index (χ3v) is 2.30. The van der Waals surface area contributed by atoms with E-state index in [2.05, 4.69) is 11.9 Å². The summed E-state index contributed by atoms with van der Waals surface area (Å²) in [5.74, 6) is 0.0734. The summed E-state index contributed by atoms with van der Waals surface area (Å²) in [5.41, 5.74) is 2.60. The summed E-state index contributed by atoms with van der Waals surface area (Å²) in [6, 6.07) is 7.71. The van der Waals surface area contributed by atoms with Gasteiger partial charge in [-0.2, -0.15) is 0 Å². The first kappa shape index (κ1) is 11.5. The predicted molar refractivity (Wildman–Crippen MR) is 63.8 cm³/mol. The van der Waals surface area contributed by atoms with Gasteiger partial charge in [-0.05, 0) is 25.0 Å². The first-order valence-electron chi connectivity index (χ1n) is 5.07. The largest absolute Gasteiger partial charge is 0.322 e. The second kappa shape index (κ2) is 4.78. The molecule has 0 saturated heterocycles. The van der Waals surface area contributed by atoms with Crippen LogP contribution in [0.3, 0.4) is 0 Å². The van der Waals surface area contributed by atoms with Crippen molar-refractivity contribution in [1.29, 1.82) is 0 Å². The lowest BCUT2D eigenvalue weighted by Crippen LogP contribution is -2.16. The summed E-state index contributed by atoms with van der Waals surface area (Å²) in [7, 11) is 0. The maximum absolute atomic E-state index is 11.6. The van der Waals surface area contributed by atoms with E-state index in [0.29, 0.717) is 5.57 Å². The molecule has 0 aliphatic heterocycles. The highest BCUT2D eigenvalue weighted by atomic mass is 16.1. The summed E-state index contributed by atoms with van der Waals surface area (Å²) < 4.78 is 0. The molecule has 1 rings (SSSR count). The highest BCUT2D eigenvalue weighted by molar-refractivity contribution is 6.03. The molecule has 1 N–H and O–H groups in total. The van der Waals surface area contributed by atoms with Crippen molar-refractivity contribution >= 4 is 11.6 Å². The molecule has 2 nitrogen and oxygen atoms in total. The minimum absolute atomic E-state index is 0.103. The van der Waals surface area contributed by atoms with E-state index in [9.17, 15) is 4.79 Å². The molecule has 0 spiro atoms. The molecule has 0 heterocycles. The Balaban J connectivity index is 2.67. The molecule has 0 fully saturated rings. The first-order chi connectivity index (χ1) is 7.00. The van der Waals surface area contributed by atoms with Crippen molar-refractivity contribution in [3.63, 3.8) is 0 Å². The van der Waals surface area contributed by atoms with Crippen LogP contribution in [0.2, 0.25) is 0 Å². The second-order valence-corrected chi connectivity index (χ2v) is 4.00. The number of amides is 1. The van der Waals surface area contributed by atoms with Gasteiger partial charge in [0.25, 0.3) is 5.91 Å². The van der Waals surface area contributed by atoms with Gasteiger partial charge in [-0.25, -0.2) is 0 Å². The van der Waals surface area contributed by atoms with E-state index in [4.69, 9.17) is 0 Å². The van der Waals surface area contributed by atoms with Crippen LogP contribution in [0.25, 0.3) is 0 Å². The fourth-order valence-electron chi connectivity index (χ4n) is 1.11. The van der Waals surface area contributed by atoms with Crippen LogP contribution in [0.1, 0.15) is 19.4 Å². The van der Waals surface area contributed by atoms with Crippen molar-refractivity contribution in [2.75, 3.05) is 5.32 Å². The van der Waals surface area contributed by atoms with Gasteiger partial charge in [-0.15, -0.1) is 0 Å². The average molecular weight is 203 g/mol. The highest BCUT2D eigenvalue weighted by Gasteiger charge is 2.10. The number of hydrogen-bond acceptors (Lipinski definition) is 1. The number of carbonyl (C=O) groups is 1. The standard InChI is InChI=1S/C13H17NO/c1-9(2)11(4)13(15)14-12-7-5-10(3)6-8-12/h5-9H,4H2,1-3H3,(H,14,15). The van der Waals surface area contributed by atoms with E-state index in [0.717, 1.165) is 5.69 Å². The second-order valence-electron chi connectivity index (χ2n) is 4.00. The molecule has 1 amide bonds. The monoisotopic (exact) mass is 203 g/mol. The zero-order valence-electron chi connectivity index (χ0n) is 9.50. The minimum atomic E-state index is -0.103. The Bertz CT molecular complexity index is 363. The Labute approximate surface area is 91.0 Å². The molecule has 80 valence electrons. The van der Waals surface area contributed by atoms with E-state index >= 15 is 0 Å². The van der Waals surface area contributed by atoms with Gasteiger partial charge < -0.3 is 5.32 Å². The maximum Gasteiger partial charge on any atom is 0.251 e. The molecule has 0 saturated carbocycles. The third-order valence-electron chi connectivity index (χ3n) is 2.30. The van der Waals surface area contributed by atoms with Gasteiger partial charge in [0.05, 0.1) is 0 Å². The Hall–Kier alpha value is -1.57. The predicted octanol–water partition coefficient (Wildman–Crippen LogP) is 3.15. The van der Waals surface area contributed by atoms with Crippen LogP contribution in [0.5, 0.6) is 0 Å². The van der Waals surface area contributed by atoms with Crippen molar-refractivity contribution < 1.29 is 4.79 Å². The summed E-state index contributed by atoms with van der Waals surface area (Å²) in [6.45, 7) is 9.68. The Morgan fingerprint density at radius 1 is 1.27 bits per heavy atom. The minimum Gasteiger partial charge on any atom is -0.322 e. The zero-order chi connectivity index (χ0) is 11.4. The van der Waals surface area contributed by atoms with Crippen molar-refractivity contribution in [1.82, 2.24) is 0 Å². The molecule has 1 aromatic carbocycles. The van der Waals surface area contributed by atoms with Crippen LogP contribution in [-0.4, -0.2) is 5.91 Å². The van der Waals surface area contributed by atoms with Crippen molar-refractivity contribution in [2.45, 2.75) is 20.8 Å². The van der Waals surface area contributed by atoms with E-state index < -0.39 is 0 Å². The van der Waals surface area contributed by atoms with Gasteiger partial charge in [0.1, 0.15) is 0 Å². The summed E-state index contributed by atoms with van der Waals surface area (Å²) in [5, 5.41) is 2.81. The molecular weight excluding hydrogens is 186 g/mol. The first-order valence-corrected chi connectivity index (χ1v) is 5.07. The molecule has 1 aromatic rings. The lowest BCUT2D eigenvalue weighted by Gasteiger charge is -2.10. The zero-order valence-corrected chi connectivity index (χ0v) is 9.50. The fraction of sp³-hybridized carbons (Fsp3) is 0.308. The molecular formula is C13H17NO. The normalized spacial score (nSPS) is 10.1. The van der Waals surface area contributed by atoms with Gasteiger partial charge in [0.2, 0.25) is 0 Å². The lowest BCUT2D eigenvalue weighted by atomic mass is 10.0. The van der Waals surface area contributed by atoms with E-state index in [1.807, 2.05) is 45.0 Å². The van der Waals surface area contributed by atoms with Crippen LogP contribution in [-0.2, 0) is 4.79 Å². The number of rotatable bonds is 3. The Morgan fingerprint density at radius 3 is 2.27 bits per heavy atom. The van der Waals surface area contributed by atoms with Crippen LogP contribution in [0, 0.1) is 12.8 Å². The number of nitrogens with one attached hydrogen (secondary N) is 1. The van der Waals surface area contributed by atoms with Gasteiger partial charge in [-0.3, -0.25) is 4.79 Å². The number of aryl methyl sites for hydroxylation is 1. The van der Waals surface area contributed by atoms with Gasteiger partial charge in [-0.1, -0.05) is 38.1 Å². The number of hydrogen-bond donors (Lipinski definition) is 1. The summed E-state index contributed by atoms with van der Waals surface area (Å²) >= 11 is 0. The van der Waals surface area contributed by atoms with Gasteiger partial charge in [0, 0.05) is 11.3 Å². The van der Waals surface area contributed by atoms with Crippen LogP contribution < -0.4 is 5.32 Å². The van der Waals surface area contributed by atoms with Crippen LogP contribution >= 0.6 is 0 Å². The Kier molecular flexibility index (Phi) is 3.67. The molecule has 0 aliphatic carbocycles. The van der Waals surface area contributed by atoms with Crippen molar-refractivity contribution in [2.24, 2.45) is 5.92 Å². The lowest BCUT2D eigenvalue weighted by molar-refractivity contribution is -0.113. The third kappa shape index (κ3) is 3.24. The fourth-order valence-corrected chi connectivity index (χ4v) is 1.11. The number of benzene rings is 1. The van der Waals surface area contributed by atoms with Crippen LogP contribution in [0.4, 0.5) is 5.69 Å². The molecule has 0 bridgehead atoms. The molecule has 0 radical (unpaired) electrons. The smallest absolute Gasteiger partial charge is 0.251 e. The summed E-state index contributed by atoms with van der Waals surface area (Å²) in [6.07, 6.45) is 0. The van der Waals surface area contributed by atoms with E-state index in [-0.39, 0.29) is 11.8 Å². The topological polar surface area (TPSA) is 29.1 Å². The number of carbonyl (C=O) groups excluding carboxylic acids is 1. The molecule has 0 atom stereocenters. The maximum atomic E-state index is 11.6. The quantitative estimate of drug-likeness (QED) is 0.751. The van der Waals surface area contributed by atoms with Crippen LogP contribution in [0.15, 0.2) is 36.4 Å². The Morgan fingerprint density at radius 2 is 1.80 bits per heavy atom. The number of anilines is 1. The van der Waals surface area contributed by atoms with Gasteiger partial charge in [0.15, 0.2) is 0 Å². The van der Waals surface area contributed by atoms with Gasteiger partial charge >= 0.3 is 0 Å². The molecule has 15 heavy (non-hydrogen) atoms. The molecule has 2 heteroatoms. The molecule has 0 aliphatic rings. The highest BCUT2D eigenvalue weighted by Crippen LogP contribution is 2.12. The van der Waals surface area contributed by atoms with Crippen molar-refractivity contribution in [3.05, 3.63) is 42.0 Å². The van der Waals surface area contributed by atoms with E-state index in [1.165, 1.54) is 5.56 Å². The SMILES string of the molecule is C=C(C(=O)Nc1ccc(C)cc1)C(C)C.